The first-order chi connectivity index (χ1) is 8.65. The lowest BCUT2D eigenvalue weighted by molar-refractivity contribution is 0.285. The molecule has 1 heteroatoms. The lowest BCUT2D eigenvalue weighted by atomic mass is 9.87. The van der Waals surface area contributed by atoms with Gasteiger partial charge >= 0.3 is 0 Å². The summed E-state index contributed by atoms with van der Waals surface area (Å²) >= 11 is 0. The van der Waals surface area contributed by atoms with Crippen molar-refractivity contribution >= 4 is 0 Å². The summed E-state index contributed by atoms with van der Waals surface area (Å²) in [5.41, 5.74) is 1.46. The SMILES string of the molecule is CCNC(CCCc1ccccc1)C(C)C(C)C. The smallest absolute Gasteiger partial charge is 0.00951 e. The first-order valence-electron chi connectivity index (χ1n) is 7.42. The van der Waals surface area contributed by atoms with Crippen molar-refractivity contribution in [2.24, 2.45) is 11.8 Å². The molecule has 0 fully saturated rings. The van der Waals surface area contributed by atoms with Gasteiger partial charge in [0.1, 0.15) is 0 Å². The molecule has 1 aromatic rings. The van der Waals surface area contributed by atoms with E-state index < -0.39 is 0 Å². The monoisotopic (exact) mass is 247 g/mol. The Bertz CT molecular complexity index is 305. The van der Waals surface area contributed by atoms with Gasteiger partial charge < -0.3 is 5.32 Å². The van der Waals surface area contributed by atoms with Crippen LogP contribution in [-0.4, -0.2) is 12.6 Å². The minimum absolute atomic E-state index is 0.665. The number of rotatable bonds is 8. The molecule has 1 nitrogen and oxygen atoms in total. The molecule has 2 unspecified atom stereocenters. The second-order valence-corrected chi connectivity index (χ2v) is 5.65. The molecular weight excluding hydrogens is 218 g/mol. The Morgan fingerprint density at radius 3 is 2.28 bits per heavy atom. The summed E-state index contributed by atoms with van der Waals surface area (Å²) in [5.74, 6) is 1.51. The van der Waals surface area contributed by atoms with Crippen LogP contribution in [-0.2, 0) is 6.42 Å². The molecule has 0 saturated heterocycles. The zero-order valence-electron chi connectivity index (χ0n) is 12.4. The largest absolute Gasteiger partial charge is 0.314 e. The first-order valence-corrected chi connectivity index (χ1v) is 7.42. The topological polar surface area (TPSA) is 12.0 Å². The van der Waals surface area contributed by atoms with Gasteiger partial charge in [-0.15, -0.1) is 0 Å². The van der Waals surface area contributed by atoms with Crippen molar-refractivity contribution in [3.05, 3.63) is 35.9 Å². The highest BCUT2D eigenvalue weighted by atomic mass is 14.9. The minimum atomic E-state index is 0.665. The van der Waals surface area contributed by atoms with Crippen LogP contribution in [0.3, 0.4) is 0 Å². The van der Waals surface area contributed by atoms with Gasteiger partial charge in [-0.2, -0.15) is 0 Å². The summed E-state index contributed by atoms with van der Waals surface area (Å²) in [5, 5.41) is 3.65. The fourth-order valence-electron chi connectivity index (χ4n) is 2.45. The Hall–Kier alpha value is -0.820. The zero-order valence-corrected chi connectivity index (χ0v) is 12.4. The van der Waals surface area contributed by atoms with E-state index in [1.807, 2.05) is 0 Å². The molecule has 0 spiro atoms. The number of aryl methyl sites for hydroxylation is 1. The van der Waals surface area contributed by atoms with Gasteiger partial charge in [-0.25, -0.2) is 0 Å². The summed E-state index contributed by atoms with van der Waals surface area (Å²) in [6, 6.07) is 11.5. The summed E-state index contributed by atoms with van der Waals surface area (Å²) in [6.45, 7) is 10.3. The lowest BCUT2D eigenvalue weighted by Crippen LogP contribution is -2.37. The molecule has 0 saturated carbocycles. The van der Waals surface area contributed by atoms with Crippen LogP contribution in [0.5, 0.6) is 0 Å². The van der Waals surface area contributed by atoms with Crippen molar-refractivity contribution in [2.45, 2.75) is 53.0 Å². The molecule has 0 amide bonds. The van der Waals surface area contributed by atoms with Crippen LogP contribution in [0.2, 0.25) is 0 Å². The number of hydrogen-bond acceptors (Lipinski definition) is 1. The van der Waals surface area contributed by atoms with E-state index in [0.29, 0.717) is 6.04 Å². The molecule has 0 bridgehead atoms. The normalized spacial score (nSPS) is 14.7. The average Bonchev–Trinajstić information content (AvgIpc) is 2.38. The molecule has 2 atom stereocenters. The zero-order chi connectivity index (χ0) is 13.4. The van der Waals surface area contributed by atoms with Crippen LogP contribution in [0, 0.1) is 11.8 Å². The number of benzene rings is 1. The fraction of sp³-hybridized carbons (Fsp3) is 0.647. The summed E-state index contributed by atoms with van der Waals surface area (Å²) in [6.07, 6.45) is 3.76. The maximum absolute atomic E-state index is 3.65. The predicted molar refractivity (Wildman–Crippen MR) is 80.8 cm³/mol. The molecule has 0 heterocycles. The Morgan fingerprint density at radius 1 is 1.06 bits per heavy atom. The Morgan fingerprint density at radius 2 is 1.72 bits per heavy atom. The minimum Gasteiger partial charge on any atom is -0.314 e. The predicted octanol–water partition coefficient (Wildman–Crippen LogP) is 4.28. The molecule has 102 valence electrons. The van der Waals surface area contributed by atoms with Gasteiger partial charge in [0.2, 0.25) is 0 Å². The van der Waals surface area contributed by atoms with Crippen molar-refractivity contribution in [3.8, 4) is 0 Å². The molecule has 18 heavy (non-hydrogen) atoms. The van der Waals surface area contributed by atoms with Crippen LogP contribution in [0.15, 0.2) is 30.3 Å². The van der Waals surface area contributed by atoms with E-state index in [1.165, 1.54) is 24.8 Å². The fourth-order valence-corrected chi connectivity index (χ4v) is 2.45. The van der Waals surface area contributed by atoms with Gasteiger partial charge in [0.15, 0.2) is 0 Å². The van der Waals surface area contributed by atoms with E-state index in [1.54, 1.807) is 0 Å². The van der Waals surface area contributed by atoms with Gasteiger partial charge in [0, 0.05) is 6.04 Å². The van der Waals surface area contributed by atoms with E-state index in [9.17, 15) is 0 Å². The van der Waals surface area contributed by atoms with Crippen molar-refractivity contribution in [2.75, 3.05) is 6.54 Å². The van der Waals surface area contributed by atoms with Crippen LogP contribution in [0.25, 0.3) is 0 Å². The Labute approximate surface area is 113 Å². The molecule has 0 aliphatic rings. The van der Waals surface area contributed by atoms with E-state index in [-0.39, 0.29) is 0 Å². The van der Waals surface area contributed by atoms with E-state index >= 15 is 0 Å². The highest BCUT2D eigenvalue weighted by molar-refractivity contribution is 5.14. The van der Waals surface area contributed by atoms with Crippen molar-refractivity contribution in [1.82, 2.24) is 5.32 Å². The molecule has 0 radical (unpaired) electrons. The van der Waals surface area contributed by atoms with Crippen molar-refractivity contribution in [3.63, 3.8) is 0 Å². The van der Waals surface area contributed by atoms with E-state index in [0.717, 1.165) is 18.4 Å². The van der Waals surface area contributed by atoms with Gasteiger partial charge in [-0.3, -0.25) is 0 Å². The maximum Gasteiger partial charge on any atom is 0.00951 e. The summed E-state index contributed by atoms with van der Waals surface area (Å²) < 4.78 is 0. The molecular formula is C17H29N. The first kappa shape index (κ1) is 15.2. The summed E-state index contributed by atoms with van der Waals surface area (Å²) in [7, 11) is 0. The average molecular weight is 247 g/mol. The standard InChI is InChI=1S/C17H29N/c1-5-18-17(15(4)14(2)3)13-9-12-16-10-7-6-8-11-16/h6-8,10-11,14-15,17-18H,5,9,12-13H2,1-4H3. The van der Waals surface area contributed by atoms with Gasteiger partial charge in [0.25, 0.3) is 0 Å². The highest BCUT2D eigenvalue weighted by Gasteiger charge is 2.18. The van der Waals surface area contributed by atoms with Crippen LogP contribution in [0.1, 0.15) is 46.1 Å². The van der Waals surface area contributed by atoms with Crippen LogP contribution >= 0.6 is 0 Å². The van der Waals surface area contributed by atoms with E-state index in [4.69, 9.17) is 0 Å². The maximum atomic E-state index is 3.65. The molecule has 0 aliphatic carbocycles. The third-order valence-electron chi connectivity index (χ3n) is 3.98. The Kier molecular flexibility index (Phi) is 7.04. The van der Waals surface area contributed by atoms with Crippen molar-refractivity contribution in [1.29, 1.82) is 0 Å². The molecule has 1 aromatic carbocycles. The number of hydrogen-bond donors (Lipinski definition) is 1. The van der Waals surface area contributed by atoms with E-state index in [2.05, 4.69) is 63.3 Å². The van der Waals surface area contributed by atoms with Crippen LogP contribution in [0.4, 0.5) is 0 Å². The van der Waals surface area contributed by atoms with Gasteiger partial charge in [-0.1, -0.05) is 58.0 Å². The van der Waals surface area contributed by atoms with Crippen molar-refractivity contribution < 1.29 is 0 Å². The lowest BCUT2D eigenvalue weighted by Gasteiger charge is -2.27. The molecule has 1 rings (SSSR count). The highest BCUT2D eigenvalue weighted by Crippen LogP contribution is 2.19. The van der Waals surface area contributed by atoms with Crippen LogP contribution < -0.4 is 5.32 Å². The number of nitrogens with one attached hydrogen (secondary N) is 1. The Balaban J connectivity index is 2.38. The third kappa shape index (κ3) is 5.22. The van der Waals surface area contributed by atoms with Gasteiger partial charge in [-0.05, 0) is 43.2 Å². The molecule has 0 aliphatic heterocycles. The van der Waals surface area contributed by atoms with Gasteiger partial charge in [0.05, 0.1) is 0 Å². The molecule has 0 aromatic heterocycles. The second kappa shape index (κ2) is 8.31. The third-order valence-corrected chi connectivity index (χ3v) is 3.98. The molecule has 1 N–H and O–H groups in total. The second-order valence-electron chi connectivity index (χ2n) is 5.65. The quantitative estimate of drug-likeness (QED) is 0.723. The summed E-state index contributed by atoms with van der Waals surface area (Å²) in [4.78, 5) is 0.